The van der Waals surface area contributed by atoms with E-state index in [2.05, 4.69) is 0 Å². The predicted octanol–water partition coefficient (Wildman–Crippen LogP) is 2.46. The quantitative estimate of drug-likeness (QED) is 0.534. The zero-order valence-corrected chi connectivity index (χ0v) is 11.4. The summed E-state index contributed by atoms with van der Waals surface area (Å²) in [5.41, 5.74) is 1.28. The highest BCUT2D eigenvalue weighted by molar-refractivity contribution is 7.86. The Kier molecular flexibility index (Phi) is 3.87. The topological polar surface area (TPSA) is 80.7 Å². The zero-order valence-electron chi connectivity index (χ0n) is 10.6. The minimum Gasteiger partial charge on any atom is -0.421 e. The third-order valence-corrected chi connectivity index (χ3v) is 3.51. The Labute approximate surface area is 116 Å². The van der Waals surface area contributed by atoms with Crippen LogP contribution in [0.2, 0.25) is 0 Å². The van der Waals surface area contributed by atoms with Crippen molar-refractivity contribution in [2.24, 2.45) is 0 Å². The number of para-hydroxylation sites is 1. The Hall–Kier alpha value is -2.18. The van der Waals surface area contributed by atoms with Gasteiger partial charge in [0.2, 0.25) is 0 Å². The molecule has 0 saturated heterocycles. The molecule has 5 nitrogen and oxygen atoms in total. The lowest BCUT2D eigenvalue weighted by Gasteiger charge is -2.08. The number of hydrogen-bond donors (Lipinski definition) is 1. The van der Waals surface area contributed by atoms with Crippen LogP contribution in [0.4, 0.5) is 0 Å². The largest absolute Gasteiger partial charge is 0.421 e. The van der Waals surface area contributed by atoms with E-state index in [1.165, 1.54) is 18.2 Å². The van der Waals surface area contributed by atoms with Crippen LogP contribution >= 0.6 is 0 Å². The molecule has 6 heteroatoms. The fourth-order valence-electron chi connectivity index (χ4n) is 1.60. The number of aryl methyl sites for hydroxylation is 1. The molecule has 0 aliphatic rings. The highest BCUT2D eigenvalue weighted by Gasteiger charge is 2.18. The van der Waals surface area contributed by atoms with Gasteiger partial charge in [0.05, 0.1) is 5.56 Å². The molecule has 0 radical (unpaired) electrons. The Balaban J connectivity index is 2.31. The van der Waals surface area contributed by atoms with Crippen molar-refractivity contribution < 1.29 is 22.5 Å². The molecular formula is C14H12O5S. The molecule has 0 atom stereocenters. The van der Waals surface area contributed by atoms with Gasteiger partial charge in [-0.2, -0.15) is 8.42 Å². The molecule has 2 rings (SSSR count). The van der Waals surface area contributed by atoms with Gasteiger partial charge in [-0.1, -0.05) is 29.8 Å². The van der Waals surface area contributed by atoms with Crippen LogP contribution in [-0.2, 0) is 10.1 Å². The van der Waals surface area contributed by atoms with Crippen LogP contribution in [0.3, 0.4) is 0 Å². The SMILES string of the molecule is Cc1ccc(C(=O)Oc2ccccc2S(=O)(=O)O)cc1. The molecule has 20 heavy (non-hydrogen) atoms. The first kappa shape index (κ1) is 14.2. The number of ether oxygens (including phenoxy) is 1. The van der Waals surface area contributed by atoms with Crippen LogP contribution in [0.25, 0.3) is 0 Å². The lowest BCUT2D eigenvalue weighted by atomic mass is 10.1. The van der Waals surface area contributed by atoms with Gasteiger partial charge in [-0.15, -0.1) is 0 Å². The summed E-state index contributed by atoms with van der Waals surface area (Å²) in [5, 5.41) is 0. The van der Waals surface area contributed by atoms with Gasteiger partial charge in [-0.25, -0.2) is 4.79 Å². The normalized spacial score (nSPS) is 11.1. The highest BCUT2D eigenvalue weighted by atomic mass is 32.2. The van der Waals surface area contributed by atoms with Gasteiger partial charge in [-0.3, -0.25) is 4.55 Å². The summed E-state index contributed by atoms with van der Waals surface area (Å²) in [7, 11) is -4.45. The standard InChI is InChI=1S/C14H12O5S/c1-10-6-8-11(9-7-10)14(15)19-12-4-2-3-5-13(12)20(16,17)18/h2-9H,1H3,(H,16,17,18). The summed E-state index contributed by atoms with van der Waals surface area (Å²) in [4.78, 5) is 11.5. The van der Waals surface area contributed by atoms with Crippen molar-refractivity contribution in [2.45, 2.75) is 11.8 Å². The lowest BCUT2D eigenvalue weighted by Crippen LogP contribution is -2.11. The summed E-state index contributed by atoms with van der Waals surface area (Å²) in [6.45, 7) is 1.88. The molecule has 0 amide bonds. The molecule has 0 aromatic heterocycles. The van der Waals surface area contributed by atoms with Gasteiger partial charge in [0.15, 0.2) is 5.75 Å². The second-order valence-electron chi connectivity index (χ2n) is 4.18. The molecule has 0 bridgehead atoms. The van der Waals surface area contributed by atoms with Gasteiger partial charge < -0.3 is 4.74 Å². The van der Waals surface area contributed by atoms with Crippen LogP contribution in [-0.4, -0.2) is 18.9 Å². The van der Waals surface area contributed by atoms with Crippen molar-refractivity contribution >= 4 is 16.1 Å². The first-order valence-corrected chi connectivity index (χ1v) is 7.17. The maximum Gasteiger partial charge on any atom is 0.343 e. The fourth-order valence-corrected chi connectivity index (χ4v) is 2.21. The smallest absolute Gasteiger partial charge is 0.343 e. The molecular weight excluding hydrogens is 280 g/mol. The number of rotatable bonds is 3. The summed E-state index contributed by atoms with van der Waals surface area (Å²) < 4.78 is 36.5. The van der Waals surface area contributed by atoms with E-state index in [4.69, 9.17) is 9.29 Å². The van der Waals surface area contributed by atoms with Gasteiger partial charge >= 0.3 is 5.97 Å². The second kappa shape index (κ2) is 5.44. The van der Waals surface area contributed by atoms with Crippen LogP contribution in [0.5, 0.6) is 5.75 Å². The van der Waals surface area contributed by atoms with Crippen molar-refractivity contribution in [1.82, 2.24) is 0 Å². The molecule has 0 saturated carbocycles. The number of benzene rings is 2. The molecule has 2 aromatic rings. The molecule has 0 aliphatic carbocycles. The third kappa shape index (κ3) is 3.23. The maximum absolute atomic E-state index is 11.9. The zero-order chi connectivity index (χ0) is 14.8. The minimum absolute atomic E-state index is 0.208. The fraction of sp³-hybridized carbons (Fsp3) is 0.0714. The van der Waals surface area contributed by atoms with E-state index < -0.39 is 21.0 Å². The van der Waals surface area contributed by atoms with Crippen LogP contribution in [0.1, 0.15) is 15.9 Å². The van der Waals surface area contributed by atoms with E-state index in [1.807, 2.05) is 6.92 Å². The molecule has 104 valence electrons. The van der Waals surface area contributed by atoms with Crippen molar-refractivity contribution in [3.8, 4) is 5.75 Å². The number of hydrogen-bond acceptors (Lipinski definition) is 4. The molecule has 0 aliphatic heterocycles. The van der Waals surface area contributed by atoms with Crippen LogP contribution in [0.15, 0.2) is 53.4 Å². The summed E-state index contributed by atoms with van der Waals surface area (Å²) in [6, 6.07) is 12.0. The number of esters is 1. The van der Waals surface area contributed by atoms with Crippen LogP contribution < -0.4 is 4.74 Å². The van der Waals surface area contributed by atoms with E-state index in [0.717, 1.165) is 11.6 Å². The molecule has 1 N–H and O–H groups in total. The van der Waals surface area contributed by atoms with Crippen LogP contribution in [0, 0.1) is 6.92 Å². The predicted molar refractivity (Wildman–Crippen MR) is 72.4 cm³/mol. The van der Waals surface area contributed by atoms with Gasteiger partial charge in [0, 0.05) is 0 Å². The monoisotopic (exact) mass is 292 g/mol. The van der Waals surface area contributed by atoms with E-state index in [1.54, 1.807) is 24.3 Å². The van der Waals surface area contributed by atoms with Crippen molar-refractivity contribution in [3.05, 3.63) is 59.7 Å². The van der Waals surface area contributed by atoms with Gasteiger partial charge in [-0.05, 0) is 31.2 Å². The first-order chi connectivity index (χ1) is 9.38. The Morgan fingerprint density at radius 1 is 1.05 bits per heavy atom. The van der Waals surface area contributed by atoms with E-state index in [0.29, 0.717) is 5.56 Å². The average molecular weight is 292 g/mol. The van der Waals surface area contributed by atoms with Crippen molar-refractivity contribution in [3.63, 3.8) is 0 Å². The third-order valence-electron chi connectivity index (χ3n) is 2.62. The van der Waals surface area contributed by atoms with E-state index in [-0.39, 0.29) is 5.75 Å². The minimum atomic E-state index is -4.45. The molecule has 0 fully saturated rings. The first-order valence-electron chi connectivity index (χ1n) is 5.73. The second-order valence-corrected chi connectivity index (χ2v) is 5.57. The molecule has 2 aromatic carbocycles. The highest BCUT2D eigenvalue weighted by Crippen LogP contribution is 2.23. The molecule has 0 spiro atoms. The number of carbonyl (C=O) groups is 1. The van der Waals surface area contributed by atoms with E-state index in [9.17, 15) is 13.2 Å². The average Bonchev–Trinajstić information content (AvgIpc) is 2.38. The maximum atomic E-state index is 11.9. The van der Waals surface area contributed by atoms with Gasteiger partial charge in [0.1, 0.15) is 4.90 Å². The van der Waals surface area contributed by atoms with Crippen molar-refractivity contribution in [1.29, 1.82) is 0 Å². The Morgan fingerprint density at radius 3 is 2.25 bits per heavy atom. The van der Waals surface area contributed by atoms with E-state index >= 15 is 0 Å². The lowest BCUT2D eigenvalue weighted by molar-refractivity contribution is 0.0730. The summed E-state index contributed by atoms with van der Waals surface area (Å²) >= 11 is 0. The Bertz CT molecular complexity index is 732. The van der Waals surface area contributed by atoms with Gasteiger partial charge in [0.25, 0.3) is 10.1 Å². The summed E-state index contributed by atoms with van der Waals surface area (Å²) in [5.74, 6) is -0.901. The van der Waals surface area contributed by atoms with Crippen molar-refractivity contribution in [2.75, 3.05) is 0 Å². The molecule has 0 heterocycles. The molecule has 0 unspecified atom stereocenters. The summed E-state index contributed by atoms with van der Waals surface area (Å²) in [6.07, 6.45) is 0. The number of carbonyl (C=O) groups excluding carboxylic acids is 1. The Morgan fingerprint density at radius 2 is 1.65 bits per heavy atom.